The smallest absolute Gasteiger partial charge is 0.493 e. The average molecular weight is 397 g/mol. The Morgan fingerprint density at radius 2 is 1.70 bits per heavy atom. The molecule has 0 spiro atoms. The largest absolute Gasteiger partial charge is 0.573 e. The molecule has 2 aromatic rings. The molecule has 6 nitrogen and oxygen atoms in total. The zero-order valence-electron chi connectivity index (χ0n) is 13.2. The summed E-state index contributed by atoms with van der Waals surface area (Å²) >= 11 is 0. The molecular formula is C15H9F6NO5. The average Bonchev–Trinajstić information content (AvgIpc) is 2.53. The molecule has 0 aliphatic heterocycles. The number of carboxylic acids is 1. The normalized spacial score (nSPS) is 11.8. The fourth-order valence-electron chi connectivity index (χ4n) is 1.88. The van der Waals surface area contributed by atoms with E-state index in [4.69, 9.17) is 14.6 Å². The third-order valence-corrected chi connectivity index (χ3v) is 2.98. The van der Waals surface area contributed by atoms with E-state index in [9.17, 15) is 31.1 Å². The summed E-state index contributed by atoms with van der Waals surface area (Å²) in [5.74, 6) is -3.70. The molecule has 0 atom stereocenters. The molecule has 12 heteroatoms. The van der Waals surface area contributed by atoms with Crippen molar-refractivity contribution in [1.82, 2.24) is 4.98 Å². The van der Waals surface area contributed by atoms with Gasteiger partial charge in [0.1, 0.15) is 22.8 Å². The Balaban J connectivity index is 2.44. The molecule has 0 fully saturated rings. The van der Waals surface area contributed by atoms with Gasteiger partial charge in [0.25, 0.3) is 0 Å². The van der Waals surface area contributed by atoms with Crippen LogP contribution in [0.1, 0.15) is 16.1 Å². The van der Waals surface area contributed by atoms with E-state index in [1.807, 2.05) is 0 Å². The van der Waals surface area contributed by atoms with Gasteiger partial charge in [-0.15, -0.1) is 13.2 Å². The number of nitrogens with zero attached hydrogens (tertiary/aromatic N) is 1. The van der Waals surface area contributed by atoms with E-state index >= 15 is 0 Å². The van der Waals surface area contributed by atoms with Crippen molar-refractivity contribution in [2.75, 3.05) is 7.11 Å². The van der Waals surface area contributed by atoms with E-state index in [2.05, 4.69) is 9.72 Å². The molecule has 0 radical (unpaired) electrons. The highest BCUT2D eigenvalue weighted by Crippen LogP contribution is 2.38. The molecule has 0 bridgehead atoms. The monoisotopic (exact) mass is 397 g/mol. The molecule has 2 rings (SSSR count). The first-order valence-electron chi connectivity index (χ1n) is 6.83. The maximum absolute atomic E-state index is 12.8. The highest BCUT2D eigenvalue weighted by atomic mass is 19.4. The standard InChI is InChI=1S/C15H9F6NO5/c1-25-11-4-7(27-15(19,20)21)2-3-9(11)26-10-5-12(14(16,17)18)22-6-8(10)13(23)24/h2-6H,1H3,(H,23,24). The van der Waals surface area contributed by atoms with Crippen molar-refractivity contribution < 1.29 is 50.5 Å². The first-order chi connectivity index (χ1) is 12.4. The minimum Gasteiger partial charge on any atom is -0.493 e. The van der Waals surface area contributed by atoms with E-state index in [1.165, 1.54) is 0 Å². The fraction of sp³-hybridized carbons (Fsp3) is 0.200. The number of benzene rings is 1. The maximum atomic E-state index is 12.8. The van der Waals surface area contributed by atoms with Crippen molar-refractivity contribution in [3.63, 3.8) is 0 Å². The zero-order valence-corrected chi connectivity index (χ0v) is 13.2. The topological polar surface area (TPSA) is 77.9 Å². The lowest BCUT2D eigenvalue weighted by atomic mass is 10.2. The summed E-state index contributed by atoms with van der Waals surface area (Å²) in [6.45, 7) is 0. The summed E-state index contributed by atoms with van der Waals surface area (Å²) in [5.41, 5.74) is -2.11. The van der Waals surface area contributed by atoms with Crippen LogP contribution in [0.4, 0.5) is 26.3 Å². The molecule has 0 saturated heterocycles. The second-order valence-corrected chi connectivity index (χ2v) is 4.83. The van der Waals surface area contributed by atoms with Crippen molar-refractivity contribution in [1.29, 1.82) is 0 Å². The first-order valence-corrected chi connectivity index (χ1v) is 6.83. The number of hydrogen-bond acceptors (Lipinski definition) is 5. The lowest BCUT2D eigenvalue weighted by Gasteiger charge is -2.15. The van der Waals surface area contributed by atoms with E-state index in [1.54, 1.807) is 0 Å². The number of ether oxygens (including phenoxy) is 3. The van der Waals surface area contributed by atoms with Gasteiger partial charge in [0.05, 0.1) is 7.11 Å². The minimum atomic E-state index is -4.98. The maximum Gasteiger partial charge on any atom is 0.573 e. The quantitative estimate of drug-likeness (QED) is 0.749. The van der Waals surface area contributed by atoms with Gasteiger partial charge < -0.3 is 19.3 Å². The van der Waals surface area contributed by atoms with Gasteiger partial charge in [-0.05, 0) is 12.1 Å². The molecular weight excluding hydrogens is 388 g/mol. The van der Waals surface area contributed by atoms with E-state index in [-0.39, 0.29) is 11.5 Å². The highest BCUT2D eigenvalue weighted by molar-refractivity contribution is 5.90. The van der Waals surface area contributed by atoms with E-state index < -0.39 is 41.3 Å². The summed E-state index contributed by atoms with van der Waals surface area (Å²) in [4.78, 5) is 14.2. The number of halogens is 6. The van der Waals surface area contributed by atoms with Crippen molar-refractivity contribution in [3.05, 3.63) is 41.7 Å². The molecule has 0 unspecified atom stereocenters. The van der Waals surface area contributed by atoms with Crippen LogP contribution in [0.5, 0.6) is 23.0 Å². The molecule has 1 N–H and O–H groups in total. The Bertz CT molecular complexity index is 850. The van der Waals surface area contributed by atoms with Gasteiger partial charge in [-0.2, -0.15) is 13.2 Å². The molecule has 0 aliphatic rings. The number of carboxylic acid groups (broad SMARTS) is 1. The van der Waals surface area contributed by atoms with Gasteiger partial charge in [0.2, 0.25) is 0 Å². The number of carbonyl (C=O) groups is 1. The lowest BCUT2D eigenvalue weighted by molar-refractivity contribution is -0.274. The van der Waals surface area contributed by atoms with Crippen molar-refractivity contribution >= 4 is 5.97 Å². The number of aromatic carboxylic acids is 1. The summed E-state index contributed by atoms with van der Waals surface area (Å²) in [7, 11) is 1.06. The molecule has 1 aromatic carbocycles. The summed E-state index contributed by atoms with van der Waals surface area (Å²) in [6.07, 6.45) is -9.39. The second kappa shape index (κ2) is 7.21. The fourth-order valence-corrected chi connectivity index (χ4v) is 1.88. The molecule has 1 aromatic heterocycles. The Kier molecular flexibility index (Phi) is 5.38. The van der Waals surface area contributed by atoms with Crippen molar-refractivity contribution in [2.24, 2.45) is 0 Å². The molecule has 1 heterocycles. The van der Waals surface area contributed by atoms with Crippen LogP contribution in [0.2, 0.25) is 0 Å². The van der Waals surface area contributed by atoms with Crippen LogP contribution in [0.15, 0.2) is 30.5 Å². The summed E-state index contributed by atoms with van der Waals surface area (Å²) < 4.78 is 88.7. The van der Waals surface area contributed by atoms with Crippen LogP contribution in [-0.2, 0) is 6.18 Å². The van der Waals surface area contributed by atoms with Gasteiger partial charge in [0.15, 0.2) is 11.5 Å². The van der Waals surface area contributed by atoms with Gasteiger partial charge in [-0.1, -0.05) is 0 Å². The van der Waals surface area contributed by atoms with Crippen LogP contribution in [0, 0.1) is 0 Å². The second-order valence-electron chi connectivity index (χ2n) is 4.83. The third-order valence-electron chi connectivity index (χ3n) is 2.98. The number of pyridine rings is 1. The molecule has 27 heavy (non-hydrogen) atoms. The number of aromatic nitrogens is 1. The van der Waals surface area contributed by atoms with Crippen molar-refractivity contribution in [3.8, 4) is 23.0 Å². The number of methoxy groups -OCH3 is 1. The van der Waals surface area contributed by atoms with Gasteiger partial charge in [-0.25, -0.2) is 4.79 Å². The molecule has 0 saturated carbocycles. The third kappa shape index (κ3) is 5.15. The molecule has 0 amide bonds. The summed E-state index contributed by atoms with van der Waals surface area (Å²) in [5, 5.41) is 9.06. The predicted molar refractivity (Wildman–Crippen MR) is 75.9 cm³/mol. The Morgan fingerprint density at radius 1 is 1.04 bits per heavy atom. The van der Waals surface area contributed by atoms with Crippen LogP contribution in [0.3, 0.4) is 0 Å². The Morgan fingerprint density at radius 3 is 2.22 bits per heavy atom. The van der Waals surface area contributed by atoms with Crippen LogP contribution in [-0.4, -0.2) is 29.5 Å². The zero-order chi connectivity index (χ0) is 20.4. The Hall–Kier alpha value is -3.18. The van der Waals surface area contributed by atoms with Crippen LogP contribution in [0.25, 0.3) is 0 Å². The number of hydrogen-bond donors (Lipinski definition) is 1. The van der Waals surface area contributed by atoms with Crippen molar-refractivity contribution in [2.45, 2.75) is 12.5 Å². The highest BCUT2D eigenvalue weighted by Gasteiger charge is 2.34. The first kappa shape index (κ1) is 20.1. The van der Waals surface area contributed by atoms with E-state index in [0.717, 1.165) is 25.3 Å². The Labute approximate surface area is 146 Å². The molecule has 0 aliphatic carbocycles. The molecule has 146 valence electrons. The number of alkyl halides is 6. The minimum absolute atomic E-state index is 0.335. The van der Waals surface area contributed by atoms with Gasteiger partial charge in [-0.3, -0.25) is 4.98 Å². The lowest BCUT2D eigenvalue weighted by Crippen LogP contribution is -2.17. The number of rotatable bonds is 5. The van der Waals surface area contributed by atoms with E-state index in [0.29, 0.717) is 12.3 Å². The predicted octanol–water partition coefficient (Wildman–Crippen LogP) is 4.50. The summed E-state index contributed by atoms with van der Waals surface area (Å²) in [6, 6.07) is 2.86. The van der Waals surface area contributed by atoms with Gasteiger partial charge in [0, 0.05) is 18.3 Å². The van der Waals surface area contributed by atoms with Gasteiger partial charge >= 0.3 is 18.5 Å². The van der Waals surface area contributed by atoms with Crippen LogP contribution < -0.4 is 14.2 Å². The van der Waals surface area contributed by atoms with Crippen LogP contribution >= 0.6 is 0 Å². The SMILES string of the molecule is COc1cc(OC(F)(F)F)ccc1Oc1cc(C(F)(F)F)ncc1C(=O)O.